The number of benzene rings is 1. The number of pyridine rings is 1. The summed E-state index contributed by atoms with van der Waals surface area (Å²) in [5.74, 6) is 0. The number of anilines is 1. The van der Waals surface area contributed by atoms with E-state index < -0.39 is 0 Å². The molecule has 1 unspecified atom stereocenters. The minimum Gasteiger partial charge on any atom is -0.371 e. The Kier molecular flexibility index (Phi) is 3.75. The first-order valence-corrected chi connectivity index (χ1v) is 6.00. The molecule has 5 heteroatoms. The van der Waals surface area contributed by atoms with Gasteiger partial charge in [-0.25, -0.2) is 0 Å². The minimum absolute atomic E-state index is 0.0772. The van der Waals surface area contributed by atoms with E-state index in [0.29, 0.717) is 5.69 Å². The molecule has 0 amide bonds. The highest BCUT2D eigenvalue weighted by Gasteiger charge is 2.16. The second kappa shape index (κ2) is 5.48. The highest BCUT2D eigenvalue weighted by molar-refractivity contribution is 5.63. The highest BCUT2D eigenvalue weighted by Crippen LogP contribution is 2.28. The van der Waals surface area contributed by atoms with Crippen molar-refractivity contribution < 1.29 is 4.92 Å². The molecule has 19 heavy (non-hydrogen) atoms. The lowest BCUT2D eigenvalue weighted by Gasteiger charge is -2.15. The van der Waals surface area contributed by atoms with Crippen molar-refractivity contribution in [1.82, 2.24) is 4.98 Å². The molecule has 2 aromatic rings. The van der Waals surface area contributed by atoms with Crippen LogP contribution in [0.3, 0.4) is 0 Å². The molecule has 0 radical (unpaired) electrons. The summed E-state index contributed by atoms with van der Waals surface area (Å²) in [7, 11) is 0. The molecule has 0 aliphatic carbocycles. The fourth-order valence-corrected chi connectivity index (χ4v) is 1.86. The van der Waals surface area contributed by atoms with Gasteiger partial charge in [0.05, 0.1) is 16.7 Å². The van der Waals surface area contributed by atoms with Crippen molar-refractivity contribution in [3.05, 3.63) is 64.0 Å². The Morgan fingerprint density at radius 2 is 2.11 bits per heavy atom. The van der Waals surface area contributed by atoms with Crippen LogP contribution in [0, 0.1) is 17.0 Å². The largest absolute Gasteiger partial charge is 0.371 e. The second-order valence-electron chi connectivity index (χ2n) is 4.40. The number of hydrogen-bond donors (Lipinski definition) is 1. The Hall–Kier alpha value is -2.43. The number of aromatic nitrogens is 1. The third-order valence-corrected chi connectivity index (χ3v) is 2.85. The highest BCUT2D eigenvalue weighted by atomic mass is 16.6. The summed E-state index contributed by atoms with van der Waals surface area (Å²) in [6.07, 6.45) is 1.71. The zero-order chi connectivity index (χ0) is 13.8. The van der Waals surface area contributed by atoms with Crippen LogP contribution in [0.2, 0.25) is 0 Å². The van der Waals surface area contributed by atoms with Gasteiger partial charge in [-0.05, 0) is 37.6 Å². The number of nitrogens with zero attached hydrogens (tertiary/aromatic N) is 2. The molecule has 98 valence electrons. The smallest absolute Gasteiger partial charge is 0.292 e. The van der Waals surface area contributed by atoms with Gasteiger partial charge in [0, 0.05) is 12.3 Å². The van der Waals surface area contributed by atoms with Crippen molar-refractivity contribution in [3.63, 3.8) is 0 Å². The van der Waals surface area contributed by atoms with Gasteiger partial charge in [0.15, 0.2) is 0 Å². The molecule has 1 aromatic carbocycles. The quantitative estimate of drug-likeness (QED) is 0.672. The summed E-state index contributed by atoms with van der Waals surface area (Å²) in [4.78, 5) is 14.9. The van der Waals surface area contributed by atoms with Crippen molar-refractivity contribution in [3.8, 4) is 0 Å². The number of aryl methyl sites for hydroxylation is 1. The average molecular weight is 257 g/mol. The van der Waals surface area contributed by atoms with Crippen molar-refractivity contribution in [2.45, 2.75) is 19.9 Å². The van der Waals surface area contributed by atoms with E-state index in [4.69, 9.17) is 0 Å². The van der Waals surface area contributed by atoms with E-state index >= 15 is 0 Å². The molecule has 1 heterocycles. The maximum atomic E-state index is 11.0. The number of nitro benzene ring substituents is 1. The molecule has 1 atom stereocenters. The van der Waals surface area contributed by atoms with Gasteiger partial charge in [0.1, 0.15) is 5.69 Å². The number of nitrogens with one attached hydrogen (secondary N) is 1. The van der Waals surface area contributed by atoms with Crippen LogP contribution >= 0.6 is 0 Å². The zero-order valence-corrected chi connectivity index (χ0v) is 10.8. The van der Waals surface area contributed by atoms with Crippen LogP contribution in [0.25, 0.3) is 0 Å². The molecule has 0 aliphatic heterocycles. The third kappa shape index (κ3) is 3.07. The lowest BCUT2D eigenvalue weighted by molar-refractivity contribution is -0.384. The van der Waals surface area contributed by atoms with E-state index in [0.717, 1.165) is 11.3 Å². The van der Waals surface area contributed by atoms with E-state index in [-0.39, 0.29) is 16.7 Å². The van der Waals surface area contributed by atoms with Crippen LogP contribution in [0.4, 0.5) is 11.4 Å². The van der Waals surface area contributed by atoms with Crippen molar-refractivity contribution in [2.24, 2.45) is 0 Å². The van der Waals surface area contributed by atoms with Crippen LogP contribution in [-0.2, 0) is 0 Å². The van der Waals surface area contributed by atoms with Crippen LogP contribution in [0.1, 0.15) is 24.2 Å². The lowest BCUT2D eigenvalue weighted by atomic mass is 10.1. The number of rotatable bonds is 4. The maximum Gasteiger partial charge on any atom is 0.292 e. The zero-order valence-electron chi connectivity index (χ0n) is 10.8. The molecule has 0 saturated heterocycles. The van der Waals surface area contributed by atoms with Gasteiger partial charge >= 0.3 is 0 Å². The summed E-state index contributed by atoms with van der Waals surface area (Å²) in [6.45, 7) is 3.83. The molecule has 1 N–H and O–H groups in total. The lowest BCUT2D eigenvalue weighted by Crippen LogP contribution is -2.09. The molecule has 0 fully saturated rings. The first-order valence-electron chi connectivity index (χ1n) is 6.00. The maximum absolute atomic E-state index is 11.0. The molecule has 0 aliphatic rings. The standard InChI is InChI=1S/C14H15N3O2/c1-10-6-7-14(17(18)19)13(9-10)16-11(2)12-5-3-4-8-15-12/h3-9,11,16H,1-2H3. The normalized spacial score (nSPS) is 11.9. The van der Waals surface area contributed by atoms with E-state index in [1.807, 2.05) is 32.0 Å². The SMILES string of the molecule is Cc1ccc([N+](=O)[O-])c(NC(C)c2ccccn2)c1. The molecule has 5 nitrogen and oxygen atoms in total. The average Bonchev–Trinajstić information content (AvgIpc) is 2.39. The topological polar surface area (TPSA) is 68.1 Å². The van der Waals surface area contributed by atoms with Crippen LogP contribution in [-0.4, -0.2) is 9.91 Å². The predicted molar refractivity (Wildman–Crippen MR) is 74.1 cm³/mol. The Morgan fingerprint density at radius 1 is 1.32 bits per heavy atom. The fraction of sp³-hybridized carbons (Fsp3) is 0.214. The third-order valence-electron chi connectivity index (χ3n) is 2.85. The van der Waals surface area contributed by atoms with Gasteiger partial charge in [-0.1, -0.05) is 12.1 Å². The molecular formula is C14H15N3O2. The summed E-state index contributed by atoms with van der Waals surface area (Å²) in [5.41, 5.74) is 2.41. The van der Waals surface area contributed by atoms with E-state index in [2.05, 4.69) is 10.3 Å². The van der Waals surface area contributed by atoms with Crippen LogP contribution in [0.5, 0.6) is 0 Å². The van der Waals surface area contributed by atoms with Gasteiger partial charge in [0.2, 0.25) is 0 Å². The van der Waals surface area contributed by atoms with Crippen molar-refractivity contribution in [2.75, 3.05) is 5.32 Å². The van der Waals surface area contributed by atoms with Gasteiger partial charge in [-0.3, -0.25) is 15.1 Å². The van der Waals surface area contributed by atoms with Crippen LogP contribution in [0.15, 0.2) is 42.6 Å². The fourth-order valence-electron chi connectivity index (χ4n) is 1.86. The molecule has 1 aromatic heterocycles. The second-order valence-corrected chi connectivity index (χ2v) is 4.40. The van der Waals surface area contributed by atoms with Gasteiger partial charge in [0.25, 0.3) is 5.69 Å². The van der Waals surface area contributed by atoms with Gasteiger partial charge in [-0.2, -0.15) is 0 Å². The molecular weight excluding hydrogens is 242 g/mol. The molecule has 2 rings (SSSR count). The Labute approximate surface area is 111 Å². The minimum atomic E-state index is -0.382. The summed E-state index contributed by atoms with van der Waals surface area (Å²) in [6, 6.07) is 10.5. The van der Waals surface area contributed by atoms with Crippen LogP contribution < -0.4 is 5.32 Å². The first kappa shape index (κ1) is 13.0. The Morgan fingerprint density at radius 3 is 2.74 bits per heavy atom. The predicted octanol–water partition coefficient (Wildman–Crippen LogP) is 3.47. The number of hydrogen-bond acceptors (Lipinski definition) is 4. The Bertz CT molecular complexity index is 584. The summed E-state index contributed by atoms with van der Waals surface area (Å²) >= 11 is 0. The first-order chi connectivity index (χ1) is 9.08. The van der Waals surface area contributed by atoms with Crippen molar-refractivity contribution >= 4 is 11.4 Å². The molecule has 0 bridgehead atoms. The molecule has 0 spiro atoms. The summed E-state index contributed by atoms with van der Waals surface area (Å²) < 4.78 is 0. The molecule has 0 saturated carbocycles. The van der Waals surface area contributed by atoms with E-state index in [9.17, 15) is 10.1 Å². The number of nitro groups is 1. The van der Waals surface area contributed by atoms with Crippen molar-refractivity contribution in [1.29, 1.82) is 0 Å². The van der Waals surface area contributed by atoms with E-state index in [1.165, 1.54) is 6.07 Å². The Balaban J connectivity index is 2.28. The van der Waals surface area contributed by atoms with E-state index in [1.54, 1.807) is 18.3 Å². The van der Waals surface area contributed by atoms with Gasteiger partial charge in [-0.15, -0.1) is 0 Å². The summed E-state index contributed by atoms with van der Waals surface area (Å²) in [5, 5.41) is 14.1. The monoisotopic (exact) mass is 257 g/mol. The van der Waals surface area contributed by atoms with Gasteiger partial charge < -0.3 is 5.32 Å².